The van der Waals surface area contributed by atoms with Crippen molar-refractivity contribution in [2.45, 2.75) is 6.92 Å². The van der Waals surface area contributed by atoms with E-state index in [0.29, 0.717) is 0 Å². The molecular weight excluding hydrogens is 284 g/mol. The number of hydrogen-bond donors (Lipinski definition) is 0. The third-order valence-electron chi connectivity index (χ3n) is 3.95. The summed E-state index contributed by atoms with van der Waals surface area (Å²) in [4.78, 5) is 1.33. The molecule has 0 bridgehead atoms. The summed E-state index contributed by atoms with van der Waals surface area (Å²) in [6, 6.07) is 28.3. The molecule has 0 amide bonds. The van der Waals surface area contributed by atoms with Crippen molar-refractivity contribution in [1.82, 2.24) is 0 Å². The van der Waals surface area contributed by atoms with Gasteiger partial charge in [-0.2, -0.15) is 0 Å². The van der Waals surface area contributed by atoms with E-state index in [9.17, 15) is 0 Å². The first-order chi connectivity index (χ1) is 10.8. The molecule has 4 rings (SSSR count). The molecule has 3 aromatic carbocycles. The molecule has 0 saturated carbocycles. The lowest BCUT2D eigenvalue weighted by atomic mass is 10.0. The largest absolute Gasteiger partial charge is 0.135 e. The van der Waals surface area contributed by atoms with E-state index in [4.69, 9.17) is 0 Å². The van der Waals surface area contributed by atoms with E-state index < -0.39 is 0 Å². The van der Waals surface area contributed by atoms with Gasteiger partial charge in [0.1, 0.15) is 0 Å². The van der Waals surface area contributed by atoms with E-state index in [1.54, 1.807) is 0 Å². The molecule has 0 radical (unpaired) electrons. The van der Waals surface area contributed by atoms with Gasteiger partial charge in [0.05, 0.1) is 0 Å². The van der Waals surface area contributed by atoms with Crippen LogP contribution in [0.3, 0.4) is 0 Å². The van der Waals surface area contributed by atoms with Crippen LogP contribution < -0.4 is 0 Å². The minimum absolute atomic E-state index is 1.26. The van der Waals surface area contributed by atoms with Crippen LogP contribution in [0.25, 0.3) is 31.7 Å². The van der Waals surface area contributed by atoms with Crippen LogP contribution in [0, 0.1) is 6.92 Å². The van der Waals surface area contributed by atoms with Crippen LogP contribution in [-0.2, 0) is 0 Å². The predicted molar refractivity (Wildman–Crippen MR) is 97.4 cm³/mol. The van der Waals surface area contributed by atoms with Crippen molar-refractivity contribution in [3.05, 3.63) is 84.4 Å². The van der Waals surface area contributed by atoms with Crippen LogP contribution in [0.15, 0.2) is 78.9 Å². The van der Waals surface area contributed by atoms with Crippen molar-refractivity contribution in [3.63, 3.8) is 0 Å². The molecule has 1 heteroatoms. The Bertz CT molecular complexity index is 915. The van der Waals surface area contributed by atoms with Crippen LogP contribution in [0.4, 0.5) is 0 Å². The highest BCUT2D eigenvalue weighted by Crippen LogP contribution is 2.34. The van der Waals surface area contributed by atoms with E-state index in [-0.39, 0.29) is 0 Å². The van der Waals surface area contributed by atoms with Crippen LogP contribution in [0.1, 0.15) is 5.56 Å². The highest BCUT2D eigenvalue weighted by atomic mass is 32.1. The average Bonchev–Trinajstić information content (AvgIpc) is 2.99. The lowest BCUT2D eigenvalue weighted by Crippen LogP contribution is -1.77. The molecule has 0 saturated heterocycles. The minimum Gasteiger partial charge on any atom is -0.135 e. The third kappa shape index (κ3) is 2.44. The summed E-state index contributed by atoms with van der Waals surface area (Å²) in [5.41, 5.74) is 5.14. The Balaban J connectivity index is 1.73. The zero-order valence-corrected chi connectivity index (χ0v) is 13.2. The Labute approximate surface area is 134 Å². The molecule has 0 aliphatic carbocycles. The summed E-state index contributed by atoms with van der Waals surface area (Å²) in [6.07, 6.45) is 0. The van der Waals surface area contributed by atoms with Gasteiger partial charge in [0.2, 0.25) is 0 Å². The molecule has 0 spiro atoms. The highest BCUT2D eigenvalue weighted by Gasteiger charge is 2.05. The molecule has 1 heterocycles. The number of benzene rings is 3. The van der Waals surface area contributed by atoms with E-state index >= 15 is 0 Å². The van der Waals surface area contributed by atoms with Crippen molar-refractivity contribution in [3.8, 4) is 21.6 Å². The Morgan fingerprint density at radius 1 is 0.636 bits per heavy atom. The molecule has 22 heavy (non-hydrogen) atoms. The molecule has 0 N–H and O–H groups in total. The molecule has 4 aromatic rings. The van der Waals surface area contributed by atoms with E-state index in [1.807, 2.05) is 11.3 Å². The number of fused-ring (bicyclic) bond motifs is 1. The molecule has 1 aromatic heterocycles. The summed E-state index contributed by atoms with van der Waals surface area (Å²) >= 11 is 1.87. The van der Waals surface area contributed by atoms with Gasteiger partial charge in [-0.3, -0.25) is 0 Å². The van der Waals surface area contributed by atoms with Gasteiger partial charge in [0, 0.05) is 9.58 Å². The third-order valence-corrected chi connectivity index (χ3v) is 5.10. The first-order valence-electron chi connectivity index (χ1n) is 7.46. The maximum atomic E-state index is 2.29. The second-order valence-corrected chi connectivity index (χ2v) is 6.68. The van der Waals surface area contributed by atoms with Crippen LogP contribution in [0.5, 0.6) is 0 Å². The van der Waals surface area contributed by atoms with E-state index in [0.717, 1.165) is 0 Å². The average molecular weight is 300 g/mol. The van der Waals surface area contributed by atoms with Gasteiger partial charge >= 0.3 is 0 Å². The van der Waals surface area contributed by atoms with Crippen LogP contribution in [0.2, 0.25) is 0 Å². The Morgan fingerprint density at radius 3 is 2.09 bits per heavy atom. The Hall–Kier alpha value is -2.38. The first kappa shape index (κ1) is 13.3. The van der Waals surface area contributed by atoms with Gasteiger partial charge in [-0.25, -0.2) is 0 Å². The smallest absolute Gasteiger partial charge is 0.0355 e. The van der Waals surface area contributed by atoms with Crippen molar-refractivity contribution in [2.24, 2.45) is 0 Å². The van der Waals surface area contributed by atoms with Crippen molar-refractivity contribution in [2.75, 3.05) is 0 Å². The van der Waals surface area contributed by atoms with Gasteiger partial charge < -0.3 is 0 Å². The van der Waals surface area contributed by atoms with Gasteiger partial charge in [-0.1, -0.05) is 66.7 Å². The fourth-order valence-corrected chi connectivity index (χ4v) is 3.90. The molecule has 0 aliphatic heterocycles. The minimum atomic E-state index is 1.26. The quantitative estimate of drug-likeness (QED) is 0.394. The summed E-state index contributed by atoms with van der Waals surface area (Å²) in [7, 11) is 0. The standard InChI is InChI=1S/C21H16S/c1-15-7-8-19-14-21(22-20(19)13-15)18-11-9-17(10-12-18)16-5-3-2-4-6-16/h2-14H,1H3. The molecule has 0 aliphatic rings. The zero-order valence-electron chi connectivity index (χ0n) is 12.4. The number of thiophene rings is 1. The van der Waals surface area contributed by atoms with Gasteiger partial charge in [-0.05, 0) is 46.7 Å². The number of aryl methyl sites for hydroxylation is 1. The maximum absolute atomic E-state index is 2.29. The number of rotatable bonds is 2. The van der Waals surface area contributed by atoms with E-state index in [2.05, 4.69) is 85.8 Å². The van der Waals surface area contributed by atoms with Crippen LogP contribution >= 0.6 is 11.3 Å². The summed E-state index contributed by atoms with van der Waals surface area (Å²) in [5, 5.41) is 1.33. The normalized spacial score (nSPS) is 11.0. The second-order valence-electron chi connectivity index (χ2n) is 5.60. The lowest BCUT2D eigenvalue weighted by Gasteiger charge is -2.03. The van der Waals surface area contributed by atoms with Crippen LogP contribution in [-0.4, -0.2) is 0 Å². The predicted octanol–water partition coefficient (Wildman–Crippen LogP) is 6.54. The van der Waals surface area contributed by atoms with E-state index in [1.165, 1.54) is 37.2 Å². The molecule has 0 nitrogen and oxygen atoms in total. The molecule has 0 fully saturated rings. The van der Waals surface area contributed by atoms with Gasteiger partial charge in [0.25, 0.3) is 0 Å². The second kappa shape index (κ2) is 5.43. The maximum Gasteiger partial charge on any atom is 0.0355 e. The Morgan fingerprint density at radius 2 is 1.32 bits per heavy atom. The molecule has 0 unspecified atom stereocenters. The fraction of sp³-hybridized carbons (Fsp3) is 0.0476. The van der Waals surface area contributed by atoms with Crippen molar-refractivity contribution >= 4 is 21.4 Å². The van der Waals surface area contributed by atoms with Crippen molar-refractivity contribution < 1.29 is 0 Å². The Kier molecular flexibility index (Phi) is 3.28. The molecular formula is C21H16S. The topological polar surface area (TPSA) is 0 Å². The van der Waals surface area contributed by atoms with Crippen molar-refractivity contribution in [1.29, 1.82) is 0 Å². The van der Waals surface area contributed by atoms with Gasteiger partial charge in [-0.15, -0.1) is 11.3 Å². The summed E-state index contributed by atoms with van der Waals surface area (Å²) in [5.74, 6) is 0. The summed E-state index contributed by atoms with van der Waals surface area (Å²) in [6.45, 7) is 2.15. The first-order valence-corrected chi connectivity index (χ1v) is 8.27. The fourth-order valence-electron chi connectivity index (χ4n) is 2.74. The van der Waals surface area contributed by atoms with Gasteiger partial charge in [0.15, 0.2) is 0 Å². The molecule has 0 atom stereocenters. The highest BCUT2D eigenvalue weighted by molar-refractivity contribution is 7.22. The molecule has 106 valence electrons. The SMILES string of the molecule is Cc1ccc2cc(-c3ccc(-c4ccccc4)cc3)sc2c1. The number of hydrogen-bond acceptors (Lipinski definition) is 1. The monoisotopic (exact) mass is 300 g/mol. The lowest BCUT2D eigenvalue weighted by molar-refractivity contribution is 1.52. The zero-order chi connectivity index (χ0) is 14.9. The summed E-state index contributed by atoms with van der Waals surface area (Å²) < 4.78 is 1.36.